The minimum absolute atomic E-state index is 0.390. The van der Waals surface area contributed by atoms with Gasteiger partial charge in [-0.25, -0.2) is 0 Å². The Bertz CT molecular complexity index is 707. The predicted molar refractivity (Wildman–Crippen MR) is 78.4 cm³/mol. The Balaban J connectivity index is 1.91. The third kappa shape index (κ3) is 2.39. The molecule has 0 atom stereocenters. The first-order chi connectivity index (χ1) is 9.65. The van der Waals surface area contributed by atoms with E-state index in [0.29, 0.717) is 17.7 Å². The average Bonchev–Trinajstić information content (AvgIpc) is 2.93. The molecule has 0 saturated heterocycles. The number of halogens is 1. The van der Waals surface area contributed by atoms with Gasteiger partial charge in [-0.3, -0.25) is 9.59 Å². The van der Waals surface area contributed by atoms with Crippen LogP contribution < -0.4 is 4.74 Å². The van der Waals surface area contributed by atoms with E-state index >= 15 is 0 Å². The van der Waals surface area contributed by atoms with Crippen LogP contribution in [0.15, 0.2) is 46.9 Å². The SMILES string of the molecule is O=C(C(=O)c1ccc2c(c1)CCO2)c1cccc(Br)c1. The molecule has 0 radical (unpaired) electrons. The maximum Gasteiger partial charge on any atom is 0.233 e. The monoisotopic (exact) mass is 330 g/mol. The number of Topliss-reactive ketones (excluding diaryl/α,β-unsaturated/α-hetero) is 2. The molecule has 4 heteroatoms. The molecule has 2 aromatic rings. The lowest BCUT2D eigenvalue weighted by molar-refractivity contribution is 0.0817. The van der Waals surface area contributed by atoms with Crippen LogP contribution in [0.3, 0.4) is 0 Å². The highest BCUT2D eigenvalue weighted by Crippen LogP contribution is 2.26. The lowest BCUT2D eigenvalue weighted by Crippen LogP contribution is -2.14. The van der Waals surface area contributed by atoms with E-state index < -0.39 is 11.6 Å². The molecule has 0 bridgehead atoms. The largest absolute Gasteiger partial charge is 0.493 e. The number of fused-ring (bicyclic) bond motifs is 1. The van der Waals surface area contributed by atoms with E-state index in [0.717, 1.165) is 22.2 Å². The molecule has 0 N–H and O–H groups in total. The molecule has 0 saturated carbocycles. The molecule has 1 aliphatic heterocycles. The summed E-state index contributed by atoms with van der Waals surface area (Å²) in [5, 5.41) is 0. The first-order valence-corrected chi connectivity index (χ1v) is 7.05. The number of ketones is 2. The number of hydrogen-bond donors (Lipinski definition) is 0. The zero-order chi connectivity index (χ0) is 14.1. The van der Waals surface area contributed by atoms with E-state index in [2.05, 4.69) is 15.9 Å². The number of ether oxygens (including phenoxy) is 1. The van der Waals surface area contributed by atoms with Gasteiger partial charge in [-0.1, -0.05) is 28.1 Å². The fraction of sp³-hybridized carbons (Fsp3) is 0.125. The Morgan fingerprint density at radius 2 is 1.75 bits per heavy atom. The second kappa shape index (κ2) is 5.21. The zero-order valence-corrected chi connectivity index (χ0v) is 12.1. The highest BCUT2D eigenvalue weighted by molar-refractivity contribution is 9.10. The fourth-order valence-electron chi connectivity index (χ4n) is 2.22. The van der Waals surface area contributed by atoms with Crippen LogP contribution >= 0.6 is 15.9 Å². The van der Waals surface area contributed by atoms with Crippen molar-refractivity contribution in [1.82, 2.24) is 0 Å². The van der Waals surface area contributed by atoms with E-state index in [-0.39, 0.29) is 0 Å². The van der Waals surface area contributed by atoms with E-state index in [9.17, 15) is 9.59 Å². The van der Waals surface area contributed by atoms with Crippen molar-refractivity contribution in [3.05, 3.63) is 63.6 Å². The van der Waals surface area contributed by atoms with Crippen LogP contribution in [0.4, 0.5) is 0 Å². The van der Waals surface area contributed by atoms with Gasteiger partial charge in [0.05, 0.1) is 6.61 Å². The molecule has 0 fully saturated rings. The molecule has 0 aliphatic carbocycles. The third-order valence-corrected chi connectivity index (χ3v) is 3.74. The molecule has 20 heavy (non-hydrogen) atoms. The molecule has 3 rings (SSSR count). The van der Waals surface area contributed by atoms with E-state index in [1.54, 1.807) is 36.4 Å². The second-order valence-electron chi connectivity index (χ2n) is 4.59. The van der Waals surface area contributed by atoms with Gasteiger partial charge in [-0.05, 0) is 35.9 Å². The second-order valence-corrected chi connectivity index (χ2v) is 5.51. The molecule has 1 aliphatic rings. The molecule has 0 spiro atoms. The molecule has 1 heterocycles. The average molecular weight is 331 g/mol. The van der Waals surface area contributed by atoms with E-state index in [1.165, 1.54) is 0 Å². The molecule has 0 amide bonds. The van der Waals surface area contributed by atoms with Gasteiger partial charge in [0.2, 0.25) is 11.6 Å². The Kier molecular flexibility index (Phi) is 3.40. The third-order valence-electron chi connectivity index (χ3n) is 3.24. The van der Waals surface area contributed by atoms with E-state index in [1.807, 2.05) is 6.07 Å². The predicted octanol–water partition coefficient (Wildman–Crippen LogP) is 3.45. The molecule has 100 valence electrons. The van der Waals surface area contributed by atoms with Crippen LogP contribution in [-0.2, 0) is 6.42 Å². The molecule has 3 nitrogen and oxygen atoms in total. The maximum atomic E-state index is 12.3. The number of carbonyl (C=O) groups is 2. The normalized spacial score (nSPS) is 12.7. The van der Waals surface area contributed by atoms with Crippen molar-refractivity contribution >= 4 is 27.5 Å². The minimum Gasteiger partial charge on any atom is -0.493 e. The topological polar surface area (TPSA) is 43.4 Å². The molecular weight excluding hydrogens is 320 g/mol. The summed E-state index contributed by atoms with van der Waals surface area (Å²) in [7, 11) is 0. The van der Waals surface area contributed by atoms with Crippen LogP contribution in [-0.4, -0.2) is 18.2 Å². The Morgan fingerprint density at radius 3 is 2.50 bits per heavy atom. The van der Waals surface area contributed by atoms with Gasteiger partial charge < -0.3 is 4.74 Å². The van der Waals surface area contributed by atoms with Gasteiger partial charge in [0.1, 0.15) is 5.75 Å². The first-order valence-electron chi connectivity index (χ1n) is 6.25. The summed E-state index contributed by atoms with van der Waals surface area (Å²) in [5.74, 6) is -0.181. The lowest BCUT2D eigenvalue weighted by atomic mass is 9.99. The van der Waals surface area contributed by atoms with Crippen LogP contribution in [0, 0.1) is 0 Å². The Hall–Kier alpha value is -1.94. The van der Waals surface area contributed by atoms with Crippen LogP contribution in [0.5, 0.6) is 5.75 Å². The smallest absolute Gasteiger partial charge is 0.233 e. The molecule has 0 unspecified atom stereocenters. The summed E-state index contributed by atoms with van der Waals surface area (Å²) in [6.07, 6.45) is 0.779. The standard InChI is InChI=1S/C16H11BrO3/c17-13-3-1-2-11(9-13)15(18)16(19)12-4-5-14-10(8-12)6-7-20-14/h1-5,8-9H,6-7H2. The zero-order valence-electron chi connectivity index (χ0n) is 10.6. The molecule has 2 aromatic carbocycles. The van der Waals surface area contributed by atoms with Gasteiger partial charge in [0.25, 0.3) is 0 Å². The Labute approximate surface area is 124 Å². The van der Waals surface area contributed by atoms with Gasteiger partial charge in [0, 0.05) is 22.0 Å². The number of hydrogen-bond acceptors (Lipinski definition) is 3. The highest BCUT2D eigenvalue weighted by Gasteiger charge is 2.21. The number of carbonyl (C=O) groups excluding carboxylic acids is 2. The molecule has 0 aromatic heterocycles. The van der Waals surface area contributed by atoms with Crippen molar-refractivity contribution < 1.29 is 14.3 Å². The van der Waals surface area contributed by atoms with Crippen LogP contribution in [0.25, 0.3) is 0 Å². The number of benzene rings is 2. The van der Waals surface area contributed by atoms with Crippen LogP contribution in [0.1, 0.15) is 26.3 Å². The highest BCUT2D eigenvalue weighted by atomic mass is 79.9. The summed E-state index contributed by atoms with van der Waals surface area (Å²) >= 11 is 3.30. The summed E-state index contributed by atoms with van der Waals surface area (Å²) in [5.41, 5.74) is 1.79. The summed E-state index contributed by atoms with van der Waals surface area (Å²) in [6, 6.07) is 12.0. The van der Waals surface area contributed by atoms with Gasteiger partial charge >= 0.3 is 0 Å². The van der Waals surface area contributed by atoms with Gasteiger partial charge in [-0.2, -0.15) is 0 Å². The summed E-state index contributed by atoms with van der Waals surface area (Å²) in [4.78, 5) is 24.4. The van der Waals surface area contributed by atoms with Crippen LogP contribution in [0.2, 0.25) is 0 Å². The lowest BCUT2D eigenvalue weighted by Gasteiger charge is -2.04. The van der Waals surface area contributed by atoms with Crippen molar-refractivity contribution in [2.24, 2.45) is 0 Å². The van der Waals surface area contributed by atoms with Crippen molar-refractivity contribution in [1.29, 1.82) is 0 Å². The summed E-state index contributed by atoms with van der Waals surface area (Å²) < 4.78 is 6.17. The Morgan fingerprint density at radius 1 is 1.00 bits per heavy atom. The fourth-order valence-corrected chi connectivity index (χ4v) is 2.62. The minimum atomic E-state index is -0.495. The van der Waals surface area contributed by atoms with Crippen molar-refractivity contribution in [2.75, 3.05) is 6.61 Å². The van der Waals surface area contributed by atoms with Crippen molar-refractivity contribution in [2.45, 2.75) is 6.42 Å². The van der Waals surface area contributed by atoms with Crippen molar-refractivity contribution in [3.8, 4) is 5.75 Å². The number of rotatable bonds is 3. The van der Waals surface area contributed by atoms with Gasteiger partial charge in [0.15, 0.2) is 0 Å². The van der Waals surface area contributed by atoms with E-state index in [4.69, 9.17) is 4.74 Å². The van der Waals surface area contributed by atoms with Gasteiger partial charge in [-0.15, -0.1) is 0 Å². The van der Waals surface area contributed by atoms with Crippen molar-refractivity contribution in [3.63, 3.8) is 0 Å². The molecular formula is C16H11BrO3. The summed E-state index contributed by atoms with van der Waals surface area (Å²) in [6.45, 7) is 0.632. The maximum absolute atomic E-state index is 12.3. The first kappa shape index (κ1) is 13.1. The quantitative estimate of drug-likeness (QED) is 0.639.